The van der Waals surface area contributed by atoms with Crippen LogP contribution in [-0.4, -0.2) is 36.5 Å². The summed E-state index contributed by atoms with van der Waals surface area (Å²) in [7, 11) is 3.58. The molecule has 0 aromatic heterocycles. The fourth-order valence-corrected chi connectivity index (χ4v) is 2.95. The van der Waals surface area contributed by atoms with Crippen molar-refractivity contribution in [3.05, 3.63) is 23.3 Å². The van der Waals surface area contributed by atoms with Crippen LogP contribution in [0.25, 0.3) is 0 Å². The zero-order valence-electron chi connectivity index (χ0n) is 12.3. The Labute approximate surface area is 120 Å². The third-order valence-corrected chi connectivity index (χ3v) is 4.15. The van der Waals surface area contributed by atoms with Crippen LogP contribution in [0.4, 0.5) is 0 Å². The summed E-state index contributed by atoms with van der Waals surface area (Å²) in [6.07, 6.45) is 7.08. The lowest BCUT2D eigenvalue weighted by atomic mass is 9.94. The topological polar surface area (TPSA) is 49.8 Å². The lowest BCUT2D eigenvalue weighted by Gasteiger charge is -2.31. The van der Waals surface area contributed by atoms with Crippen LogP contribution in [0.5, 0.6) is 11.5 Å². The Balaban J connectivity index is 2.16. The maximum absolute atomic E-state index is 11.0. The molecule has 110 valence electrons. The summed E-state index contributed by atoms with van der Waals surface area (Å²) in [6.45, 7) is 0.633. The Morgan fingerprint density at radius 1 is 1.35 bits per heavy atom. The van der Waals surface area contributed by atoms with E-state index in [1.54, 1.807) is 12.1 Å². The van der Waals surface area contributed by atoms with Crippen LogP contribution in [0.3, 0.4) is 0 Å². The first kappa shape index (κ1) is 14.9. The molecule has 2 rings (SSSR count). The SMILES string of the molecule is COc1cc(C=O)cc(CN(C)C2CCCCC2)c1O. The molecule has 0 atom stereocenters. The minimum Gasteiger partial charge on any atom is -0.504 e. The van der Waals surface area contributed by atoms with Gasteiger partial charge in [0, 0.05) is 23.7 Å². The molecule has 1 fully saturated rings. The van der Waals surface area contributed by atoms with Gasteiger partial charge in [0.05, 0.1) is 7.11 Å². The number of methoxy groups -OCH3 is 1. The lowest BCUT2D eigenvalue weighted by Crippen LogP contribution is -2.32. The summed E-state index contributed by atoms with van der Waals surface area (Å²) >= 11 is 0. The van der Waals surface area contributed by atoms with Gasteiger partial charge in [-0.05, 0) is 32.0 Å². The van der Waals surface area contributed by atoms with E-state index < -0.39 is 0 Å². The van der Waals surface area contributed by atoms with Crippen LogP contribution in [0.2, 0.25) is 0 Å². The molecule has 1 N–H and O–H groups in total. The standard InChI is InChI=1S/C16H23NO3/c1-17(14-6-4-3-5-7-14)10-13-8-12(11-18)9-15(20-2)16(13)19/h8-9,11,14,19H,3-7,10H2,1-2H3. The zero-order valence-corrected chi connectivity index (χ0v) is 12.3. The van der Waals surface area contributed by atoms with Crippen molar-refractivity contribution in [2.24, 2.45) is 0 Å². The highest BCUT2D eigenvalue weighted by atomic mass is 16.5. The molecule has 1 aliphatic rings. The number of carbonyl (C=O) groups is 1. The predicted octanol–water partition coefficient (Wildman–Crippen LogP) is 2.98. The summed E-state index contributed by atoms with van der Waals surface area (Å²) in [4.78, 5) is 13.2. The van der Waals surface area contributed by atoms with E-state index in [1.807, 2.05) is 0 Å². The molecule has 0 unspecified atom stereocenters. The van der Waals surface area contributed by atoms with Crippen LogP contribution in [0.15, 0.2) is 12.1 Å². The van der Waals surface area contributed by atoms with E-state index in [1.165, 1.54) is 39.2 Å². The van der Waals surface area contributed by atoms with E-state index in [2.05, 4.69) is 11.9 Å². The monoisotopic (exact) mass is 277 g/mol. The first-order chi connectivity index (χ1) is 9.65. The van der Waals surface area contributed by atoms with Gasteiger partial charge in [-0.15, -0.1) is 0 Å². The largest absolute Gasteiger partial charge is 0.504 e. The van der Waals surface area contributed by atoms with Crippen LogP contribution in [-0.2, 0) is 6.54 Å². The normalized spacial score (nSPS) is 16.4. The molecule has 1 aromatic carbocycles. The van der Waals surface area contributed by atoms with E-state index in [0.29, 0.717) is 23.9 Å². The van der Waals surface area contributed by atoms with E-state index in [9.17, 15) is 9.90 Å². The molecular formula is C16H23NO3. The van der Waals surface area contributed by atoms with Crippen molar-refractivity contribution in [2.75, 3.05) is 14.2 Å². The molecule has 1 saturated carbocycles. The number of nitrogens with zero attached hydrogens (tertiary/aromatic N) is 1. The third-order valence-electron chi connectivity index (χ3n) is 4.15. The number of hydrogen-bond donors (Lipinski definition) is 1. The molecule has 0 radical (unpaired) electrons. The first-order valence-electron chi connectivity index (χ1n) is 7.21. The van der Waals surface area contributed by atoms with Crippen molar-refractivity contribution in [1.82, 2.24) is 4.90 Å². The number of carbonyl (C=O) groups excluding carboxylic acids is 1. The number of hydrogen-bond acceptors (Lipinski definition) is 4. The molecule has 4 heteroatoms. The average molecular weight is 277 g/mol. The fraction of sp³-hybridized carbons (Fsp3) is 0.562. The van der Waals surface area contributed by atoms with Gasteiger partial charge in [0.15, 0.2) is 11.5 Å². The van der Waals surface area contributed by atoms with Crippen LogP contribution in [0, 0.1) is 0 Å². The number of phenolic OH excluding ortho intramolecular Hbond substituents is 1. The summed E-state index contributed by atoms with van der Waals surface area (Å²) in [5.41, 5.74) is 1.28. The Morgan fingerprint density at radius 3 is 2.65 bits per heavy atom. The average Bonchev–Trinajstić information content (AvgIpc) is 2.50. The number of aldehydes is 1. The van der Waals surface area contributed by atoms with E-state index >= 15 is 0 Å². The van der Waals surface area contributed by atoms with Crippen molar-refractivity contribution in [3.63, 3.8) is 0 Å². The van der Waals surface area contributed by atoms with Gasteiger partial charge in [0.1, 0.15) is 6.29 Å². The van der Waals surface area contributed by atoms with Crippen molar-refractivity contribution in [2.45, 2.75) is 44.7 Å². The molecule has 1 aromatic rings. The molecule has 0 heterocycles. The summed E-state index contributed by atoms with van der Waals surface area (Å²) in [6, 6.07) is 3.87. The second kappa shape index (κ2) is 6.75. The van der Waals surface area contributed by atoms with Gasteiger partial charge >= 0.3 is 0 Å². The molecule has 4 nitrogen and oxygen atoms in total. The lowest BCUT2D eigenvalue weighted by molar-refractivity contribution is 0.112. The summed E-state index contributed by atoms with van der Waals surface area (Å²) in [5.74, 6) is 0.502. The summed E-state index contributed by atoms with van der Waals surface area (Å²) < 4.78 is 5.13. The van der Waals surface area contributed by atoms with Crippen molar-refractivity contribution >= 4 is 6.29 Å². The molecule has 0 bridgehead atoms. The van der Waals surface area contributed by atoms with Gasteiger partial charge < -0.3 is 9.84 Å². The van der Waals surface area contributed by atoms with Crippen molar-refractivity contribution in [3.8, 4) is 11.5 Å². The number of aromatic hydroxyl groups is 1. The first-order valence-corrected chi connectivity index (χ1v) is 7.21. The molecular weight excluding hydrogens is 254 g/mol. The molecule has 0 saturated heterocycles. The Morgan fingerprint density at radius 2 is 2.05 bits per heavy atom. The molecule has 0 aliphatic heterocycles. The smallest absolute Gasteiger partial charge is 0.162 e. The van der Waals surface area contributed by atoms with Gasteiger partial charge in [-0.25, -0.2) is 0 Å². The van der Waals surface area contributed by atoms with Gasteiger partial charge in [0.25, 0.3) is 0 Å². The van der Waals surface area contributed by atoms with E-state index in [0.717, 1.165) is 11.8 Å². The maximum Gasteiger partial charge on any atom is 0.162 e. The molecule has 0 spiro atoms. The van der Waals surface area contributed by atoms with Crippen molar-refractivity contribution in [1.29, 1.82) is 0 Å². The van der Waals surface area contributed by atoms with Gasteiger partial charge in [-0.2, -0.15) is 0 Å². The molecule has 1 aliphatic carbocycles. The van der Waals surface area contributed by atoms with Crippen LogP contribution < -0.4 is 4.74 Å². The fourth-order valence-electron chi connectivity index (χ4n) is 2.95. The van der Waals surface area contributed by atoms with E-state index in [4.69, 9.17) is 4.74 Å². The van der Waals surface area contributed by atoms with Gasteiger partial charge in [-0.1, -0.05) is 19.3 Å². The third kappa shape index (κ3) is 3.31. The van der Waals surface area contributed by atoms with Gasteiger partial charge in [0.2, 0.25) is 0 Å². The van der Waals surface area contributed by atoms with Crippen LogP contribution in [0.1, 0.15) is 48.0 Å². The highest BCUT2D eigenvalue weighted by Gasteiger charge is 2.20. The second-order valence-electron chi connectivity index (χ2n) is 5.56. The molecule has 0 amide bonds. The molecule has 20 heavy (non-hydrogen) atoms. The number of rotatable bonds is 5. The quantitative estimate of drug-likeness (QED) is 0.841. The second-order valence-corrected chi connectivity index (χ2v) is 5.56. The zero-order chi connectivity index (χ0) is 14.5. The number of benzene rings is 1. The van der Waals surface area contributed by atoms with Crippen molar-refractivity contribution < 1.29 is 14.6 Å². The maximum atomic E-state index is 11.0. The number of phenols is 1. The minimum atomic E-state index is 0.140. The Bertz CT molecular complexity index is 467. The predicted molar refractivity (Wildman–Crippen MR) is 78.4 cm³/mol. The number of ether oxygens (including phenoxy) is 1. The minimum absolute atomic E-state index is 0.140. The van der Waals surface area contributed by atoms with Gasteiger partial charge in [-0.3, -0.25) is 9.69 Å². The van der Waals surface area contributed by atoms with Crippen LogP contribution >= 0.6 is 0 Å². The Kier molecular flexibility index (Phi) is 5.01. The summed E-state index contributed by atoms with van der Waals surface area (Å²) in [5, 5.41) is 10.2. The Hall–Kier alpha value is -1.55. The van der Waals surface area contributed by atoms with E-state index in [-0.39, 0.29) is 5.75 Å². The highest BCUT2D eigenvalue weighted by molar-refractivity contribution is 5.77. The highest BCUT2D eigenvalue weighted by Crippen LogP contribution is 2.33.